The Morgan fingerprint density at radius 2 is 1.69 bits per heavy atom. The van der Waals surface area contributed by atoms with Gasteiger partial charge in [-0.25, -0.2) is 9.59 Å². The first-order valence-electron chi connectivity index (χ1n) is 8.58. The summed E-state index contributed by atoms with van der Waals surface area (Å²) in [4.78, 5) is 25.3. The molecule has 1 saturated heterocycles. The maximum absolute atomic E-state index is 11.5. The molecule has 0 aromatic heterocycles. The molecule has 8 heteroatoms. The van der Waals surface area contributed by atoms with Crippen LogP contribution in [0.4, 0.5) is 9.59 Å². The smallest absolute Gasteiger partial charge is 0.407 e. The summed E-state index contributed by atoms with van der Waals surface area (Å²) < 4.78 is 14.6. The van der Waals surface area contributed by atoms with Crippen LogP contribution in [-0.2, 0) is 15.9 Å². The van der Waals surface area contributed by atoms with E-state index in [1.54, 1.807) is 7.11 Å². The number of hydrogen-bond acceptors (Lipinski definition) is 6. The van der Waals surface area contributed by atoms with Gasteiger partial charge < -0.3 is 24.8 Å². The van der Waals surface area contributed by atoms with E-state index in [1.165, 1.54) is 19.8 Å². The van der Waals surface area contributed by atoms with E-state index >= 15 is 0 Å². The van der Waals surface area contributed by atoms with Gasteiger partial charge in [-0.2, -0.15) is 0 Å². The summed E-state index contributed by atoms with van der Waals surface area (Å²) >= 11 is 0. The van der Waals surface area contributed by atoms with Crippen LogP contribution >= 0.6 is 0 Å². The van der Waals surface area contributed by atoms with Gasteiger partial charge in [0.1, 0.15) is 5.75 Å². The van der Waals surface area contributed by atoms with Gasteiger partial charge in [0.15, 0.2) is 0 Å². The van der Waals surface area contributed by atoms with Crippen LogP contribution in [0, 0.1) is 0 Å². The van der Waals surface area contributed by atoms with E-state index in [1.807, 2.05) is 18.2 Å². The van der Waals surface area contributed by atoms with Gasteiger partial charge in [0.05, 0.1) is 21.3 Å². The van der Waals surface area contributed by atoms with Gasteiger partial charge in [-0.1, -0.05) is 12.1 Å². The molecule has 8 nitrogen and oxygen atoms in total. The van der Waals surface area contributed by atoms with Crippen molar-refractivity contribution >= 4 is 12.2 Å². The third-order valence-electron chi connectivity index (χ3n) is 4.39. The molecule has 2 rings (SSSR count). The van der Waals surface area contributed by atoms with E-state index in [9.17, 15) is 9.59 Å². The molecule has 0 aliphatic carbocycles. The van der Waals surface area contributed by atoms with Crippen LogP contribution < -0.4 is 15.4 Å². The molecule has 1 fully saturated rings. The van der Waals surface area contributed by atoms with E-state index < -0.39 is 12.2 Å². The highest BCUT2D eigenvalue weighted by molar-refractivity contribution is 5.68. The maximum atomic E-state index is 11.5. The molecule has 1 aromatic carbocycles. The van der Waals surface area contributed by atoms with Gasteiger partial charge in [0.2, 0.25) is 0 Å². The minimum absolute atomic E-state index is 0.108. The van der Waals surface area contributed by atoms with Crippen molar-refractivity contribution in [2.75, 3.05) is 41.0 Å². The topological polar surface area (TPSA) is 89.1 Å². The number of nitrogens with zero attached hydrogens (tertiary/aromatic N) is 1. The van der Waals surface area contributed by atoms with Gasteiger partial charge >= 0.3 is 12.2 Å². The van der Waals surface area contributed by atoms with E-state index in [-0.39, 0.29) is 12.1 Å². The van der Waals surface area contributed by atoms with Gasteiger partial charge in [-0.3, -0.25) is 4.90 Å². The fourth-order valence-electron chi connectivity index (χ4n) is 3.15. The highest BCUT2D eigenvalue weighted by Gasteiger charge is 2.29. The zero-order chi connectivity index (χ0) is 18.9. The molecule has 0 saturated carbocycles. The predicted octanol–water partition coefficient (Wildman–Crippen LogP) is 1.39. The molecule has 0 spiro atoms. The van der Waals surface area contributed by atoms with E-state index in [0.29, 0.717) is 19.5 Å². The molecule has 1 aromatic rings. The first-order valence-corrected chi connectivity index (χ1v) is 8.58. The number of amides is 2. The summed E-state index contributed by atoms with van der Waals surface area (Å²) in [5.41, 5.74) is 1.17. The largest absolute Gasteiger partial charge is 0.497 e. The minimum atomic E-state index is -0.471. The summed E-state index contributed by atoms with van der Waals surface area (Å²) in [7, 11) is 4.32. The zero-order valence-corrected chi connectivity index (χ0v) is 15.5. The number of methoxy groups -OCH3 is 3. The SMILES string of the molecule is COC(=O)N[C@@H]1C[C@H](NC(=O)OC)CN(CCc2cccc(OC)c2)C1. The van der Waals surface area contributed by atoms with Crippen molar-refractivity contribution in [3.8, 4) is 5.75 Å². The summed E-state index contributed by atoms with van der Waals surface area (Å²) in [6.07, 6.45) is 0.523. The summed E-state index contributed by atoms with van der Waals surface area (Å²) in [6.45, 7) is 2.18. The number of carbonyl (C=O) groups excluding carboxylic acids is 2. The van der Waals surface area contributed by atoms with Crippen molar-refractivity contribution in [1.29, 1.82) is 0 Å². The second kappa shape index (κ2) is 9.86. The second-order valence-corrected chi connectivity index (χ2v) is 6.26. The van der Waals surface area contributed by atoms with Crippen molar-refractivity contribution in [2.45, 2.75) is 24.9 Å². The Hall–Kier alpha value is -2.48. The molecule has 2 N–H and O–H groups in total. The van der Waals surface area contributed by atoms with Gasteiger partial charge in [0.25, 0.3) is 0 Å². The Bertz CT molecular complexity index is 584. The van der Waals surface area contributed by atoms with Crippen LogP contribution in [0.2, 0.25) is 0 Å². The van der Waals surface area contributed by atoms with Crippen molar-refractivity contribution < 1.29 is 23.8 Å². The number of rotatable bonds is 6. The predicted molar refractivity (Wildman–Crippen MR) is 96.4 cm³/mol. The van der Waals surface area contributed by atoms with Crippen LogP contribution in [0.5, 0.6) is 5.75 Å². The Balaban J connectivity index is 1.97. The highest BCUT2D eigenvalue weighted by Crippen LogP contribution is 2.16. The molecule has 144 valence electrons. The number of likely N-dealkylation sites (tertiary alicyclic amines) is 1. The lowest BCUT2D eigenvalue weighted by atomic mass is 10.00. The van der Waals surface area contributed by atoms with E-state index in [0.717, 1.165) is 18.7 Å². The Morgan fingerprint density at radius 3 is 2.23 bits per heavy atom. The molecule has 1 aliphatic rings. The molecule has 1 heterocycles. The molecular weight excluding hydrogens is 338 g/mol. The standard InChI is InChI=1S/C18H27N3O5/c1-24-16-6-4-5-13(9-16)7-8-21-11-14(19-17(22)25-2)10-15(12-21)20-18(23)26-3/h4-6,9,14-15H,7-8,10-12H2,1-3H3,(H,19,22)(H,20,23)/t14-,15+. The minimum Gasteiger partial charge on any atom is -0.497 e. The summed E-state index contributed by atoms with van der Waals surface area (Å²) in [5, 5.41) is 5.64. The Labute approximate surface area is 153 Å². The molecule has 2 amide bonds. The molecule has 1 aliphatic heterocycles. The molecule has 26 heavy (non-hydrogen) atoms. The maximum Gasteiger partial charge on any atom is 0.407 e. The lowest BCUT2D eigenvalue weighted by Gasteiger charge is -2.37. The normalized spacial score (nSPS) is 20.1. The first-order chi connectivity index (χ1) is 12.5. The fraction of sp³-hybridized carbons (Fsp3) is 0.556. The summed E-state index contributed by atoms with van der Waals surface area (Å²) in [6, 6.07) is 7.73. The highest BCUT2D eigenvalue weighted by atomic mass is 16.5. The number of piperidine rings is 1. The first kappa shape index (κ1) is 19.8. The van der Waals surface area contributed by atoms with Crippen LogP contribution in [-0.4, -0.2) is 70.1 Å². The monoisotopic (exact) mass is 365 g/mol. The third kappa shape index (κ3) is 6.11. The van der Waals surface area contributed by atoms with Crippen molar-refractivity contribution in [3.05, 3.63) is 29.8 Å². The molecule has 0 bridgehead atoms. The second-order valence-electron chi connectivity index (χ2n) is 6.26. The van der Waals surface area contributed by atoms with Crippen molar-refractivity contribution in [2.24, 2.45) is 0 Å². The lowest BCUT2D eigenvalue weighted by molar-refractivity contribution is 0.126. The van der Waals surface area contributed by atoms with Gasteiger partial charge in [-0.15, -0.1) is 0 Å². The zero-order valence-electron chi connectivity index (χ0n) is 15.5. The number of benzene rings is 1. The Kier molecular flexibility index (Phi) is 7.53. The van der Waals surface area contributed by atoms with Crippen molar-refractivity contribution in [1.82, 2.24) is 15.5 Å². The molecule has 0 unspecified atom stereocenters. The third-order valence-corrected chi connectivity index (χ3v) is 4.39. The van der Waals surface area contributed by atoms with Crippen LogP contribution in [0.1, 0.15) is 12.0 Å². The molecule has 2 atom stereocenters. The van der Waals surface area contributed by atoms with Crippen LogP contribution in [0.3, 0.4) is 0 Å². The average molecular weight is 365 g/mol. The molecule has 0 radical (unpaired) electrons. The van der Waals surface area contributed by atoms with Crippen molar-refractivity contribution in [3.63, 3.8) is 0 Å². The number of ether oxygens (including phenoxy) is 3. The van der Waals surface area contributed by atoms with E-state index in [4.69, 9.17) is 4.74 Å². The number of alkyl carbamates (subject to hydrolysis) is 2. The fourth-order valence-corrected chi connectivity index (χ4v) is 3.15. The van der Waals surface area contributed by atoms with Crippen LogP contribution in [0.25, 0.3) is 0 Å². The molecular formula is C18H27N3O5. The van der Waals surface area contributed by atoms with Crippen LogP contribution in [0.15, 0.2) is 24.3 Å². The van der Waals surface area contributed by atoms with E-state index in [2.05, 4.69) is 31.1 Å². The van der Waals surface area contributed by atoms with Gasteiger partial charge in [-0.05, 0) is 30.5 Å². The summed E-state index contributed by atoms with van der Waals surface area (Å²) in [5.74, 6) is 0.830. The Morgan fingerprint density at radius 1 is 1.08 bits per heavy atom. The number of hydrogen-bond donors (Lipinski definition) is 2. The quantitative estimate of drug-likeness (QED) is 0.792. The average Bonchev–Trinajstić information content (AvgIpc) is 2.66. The van der Waals surface area contributed by atoms with Gasteiger partial charge in [0, 0.05) is 31.7 Å². The number of carbonyl (C=O) groups is 2. The number of nitrogens with one attached hydrogen (secondary N) is 2. The lowest BCUT2D eigenvalue weighted by Crippen LogP contribution is -2.57.